The molecule has 0 spiro atoms. The molecular weight excluding hydrogens is 188 g/mol. The topological polar surface area (TPSA) is 54.6 Å². The number of aryl methyl sites for hydroxylation is 1. The molecule has 13 heavy (non-hydrogen) atoms. The van der Waals surface area contributed by atoms with E-state index in [4.69, 9.17) is 5.11 Å². The zero-order chi connectivity index (χ0) is 9.42. The molecule has 0 unspecified atom stereocenters. The number of nitrogens with zero attached hydrogens (tertiary/aromatic N) is 2. The molecule has 0 saturated heterocycles. The maximum absolute atomic E-state index is 10.5. The Balaban J connectivity index is 2.55. The van der Waals surface area contributed by atoms with Crippen LogP contribution < -0.4 is 0 Å². The monoisotopic (exact) mass is 196 g/mol. The number of aliphatic carboxylic acids is 1. The van der Waals surface area contributed by atoms with E-state index in [0.717, 1.165) is 10.5 Å². The van der Waals surface area contributed by atoms with Crippen molar-refractivity contribution in [2.75, 3.05) is 0 Å². The summed E-state index contributed by atoms with van der Waals surface area (Å²) in [7, 11) is 0. The van der Waals surface area contributed by atoms with Crippen LogP contribution in [0.3, 0.4) is 0 Å². The van der Waals surface area contributed by atoms with Crippen molar-refractivity contribution < 1.29 is 9.90 Å². The van der Waals surface area contributed by atoms with Crippen LogP contribution in [0.15, 0.2) is 11.6 Å². The number of fused-ring (bicyclic) bond motifs is 1. The summed E-state index contributed by atoms with van der Waals surface area (Å²) in [6.45, 7) is 1.94. The first-order valence-corrected chi connectivity index (χ1v) is 4.68. The van der Waals surface area contributed by atoms with Crippen molar-refractivity contribution in [2.45, 2.75) is 13.3 Å². The van der Waals surface area contributed by atoms with Crippen LogP contribution in [0.4, 0.5) is 0 Å². The van der Waals surface area contributed by atoms with Crippen molar-refractivity contribution in [3.63, 3.8) is 0 Å². The van der Waals surface area contributed by atoms with Crippen molar-refractivity contribution in [3.05, 3.63) is 23.1 Å². The Labute approximate surface area is 78.5 Å². The molecule has 4 nitrogen and oxygen atoms in total. The Kier molecular flexibility index (Phi) is 1.81. The van der Waals surface area contributed by atoms with Gasteiger partial charge in [-0.1, -0.05) is 0 Å². The van der Waals surface area contributed by atoms with Crippen LogP contribution in [0.5, 0.6) is 0 Å². The van der Waals surface area contributed by atoms with E-state index >= 15 is 0 Å². The molecule has 0 bridgehead atoms. The minimum Gasteiger partial charge on any atom is -0.481 e. The number of thiazole rings is 1. The lowest BCUT2D eigenvalue weighted by Gasteiger charge is -1.95. The maximum atomic E-state index is 10.5. The average Bonchev–Trinajstić information content (AvgIpc) is 2.56. The molecular formula is C8H8N2O2S. The average molecular weight is 196 g/mol. The molecule has 5 heteroatoms. The summed E-state index contributed by atoms with van der Waals surface area (Å²) < 4.78 is 1.87. The van der Waals surface area contributed by atoms with Crippen LogP contribution in [0.25, 0.3) is 4.83 Å². The van der Waals surface area contributed by atoms with Crippen LogP contribution in [-0.2, 0) is 11.2 Å². The highest BCUT2D eigenvalue weighted by molar-refractivity contribution is 7.15. The van der Waals surface area contributed by atoms with Gasteiger partial charge in [-0.05, 0) is 6.92 Å². The van der Waals surface area contributed by atoms with Gasteiger partial charge in [0.25, 0.3) is 0 Å². The number of imidazole rings is 1. The molecule has 0 radical (unpaired) electrons. The molecule has 0 saturated carbocycles. The second-order valence-corrected chi connectivity index (χ2v) is 3.69. The van der Waals surface area contributed by atoms with Gasteiger partial charge in [0, 0.05) is 11.1 Å². The molecule has 0 aliphatic rings. The van der Waals surface area contributed by atoms with E-state index in [0.29, 0.717) is 5.82 Å². The largest absolute Gasteiger partial charge is 0.481 e. The molecule has 0 aliphatic carbocycles. The van der Waals surface area contributed by atoms with Crippen LogP contribution in [0, 0.1) is 6.92 Å². The summed E-state index contributed by atoms with van der Waals surface area (Å²) in [5.74, 6) is -0.251. The fourth-order valence-corrected chi connectivity index (χ4v) is 2.16. The Morgan fingerprint density at radius 2 is 2.54 bits per heavy atom. The molecule has 0 amide bonds. The fourth-order valence-electron chi connectivity index (χ4n) is 1.29. The third kappa shape index (κ3) is 1.31. The first-order valence-electron chi connectivity index (χ1n) is 3.80. The molecule has 1 N–H and O–H groups in total. The Morgan fingerprint density at radius 3 is 3.23 bits per heavy atom. The van der Waals surface area contributed by atoms with E-state index in [2.05, 4.69) is 4.98 Å². The predicted octanol–water partition coefficient (Wildman–Crippen LogP) is 1.33. The second-order valence-electron chi connectivity index (χ2n) is 2.80. The molecule has 2 heterocycles. The number of hydrogen-bond donors (Lipinski definition) is 1. The van der Waals surface area contributed by atoms with Gasteiger partial charge >= 0.3 is 5.97 Å². The van der Waals surface area contributed by atoms with Gasteiger partial charge in [0.1, 0.15) is 17.1 Å². The van der Waals surface area contributed by atoms with Crippen molar-refractivity contribution in [3.8, 4) is 0 Å². The van der Waals surface area contributed by atoms with Crippen LogP contribution in [0.2, 0.25) is 0 Å². The van der Waals surface area contributed by atoms with Gasteiger partial charge in [0.15, 0.2) is 0 Å². The highest BCUT2D eigenvalue weighted by atomic mass is 32.1. The van der Waals surface area contributed by atoms with Crippen molar-refractivity contribution in [1.29, 1.82) is 0 Å². The molecule has 0 aromatic carbocycles. The summed E-state index contributed by atoms with van der Waals surface area (Å²) in [6.07, 6.45) is 1.68. The zero-order valence-electron chi connectivity index (χ0n) is 7.02. The second kappa shape index (κ2) is 2.85. The van der Waals surface area contributed by atoms with E-state index in [-0.39, 0.29) is 6.42 Å². The normalized spacial score (nSPS) is 10.8. The summed E-state index contributed by atoms with van der Waals surface area (Å²) in [4.78, 5) is 15.5. The van der Waals surface area contributed by atoms with Gasteiger partial charge in [-0.15, -0.1) is 11.3 Å². The summed E-state index contributed by atoms with van der Waals surface area (Å²) in [6, 6.07) is 0. The quantitative estimate of drug-likeness (QED) is 0.788. The van der Waals surface area contributed by atoms with Gasteiger partial charge in [-0.2, -0.15) is 0 Å². The van der Waals surface area contributed by atoms with Crippen molar-refractivity contribution >= 4 is 22.1 Å². The minimum absolute atomic E-state index is 0.0221. The van der Waals surface area contributed by atoms with E-state index in [9.17, 15) is 4.79 Å². The zero-order valence-corrected chi connectivity index (χ0v) is 7.84. The number of aromatic nitrogens is 2. The summed E-state index contributed by atoms with van der Waals surface area (Å²) in [5.41, 5.74) is 1.04. The van der Waals surface area contributed by atoms with E-state index in [1.165, 1.54) is 0 Å². The van der Waals surface area contributed by atoms with E-state index < -0.39 is 5.97 Å². The minimum atomic E-state index is -0.849. The molecule has 68 valence electrons. The number of rotatable bonds is 2. The smallest absolute Gasteiger partial charge is 0.311 e. The number of carbonyl (C=O) groups is 1. The summed E-state index contributed by atoms with van der Waals surface area (Å²) in [5, 5.41) is 10.6. The standard InChI is InChI=1S/C8H8N2O2S/c1-5-4-13-7-3-9-6(10(5)7)2-8(11)12/h3-4H,2H2,1H3,(H,11,12). The molecule has 2 aromatic rings. The van der Waals surface area contributed by atoms with E-state index in [1.807, 2.05) is 16.7 Å². The van der Waals surface area contributed by atoms with Crippen LogP contribution in [0.1, 0.15) is 11.5 Å². The lowest BCUT2D eigenvalue weighted by molar-refractivity contribution is -0.136. The number of carboxylic acids is 1. The molecule has 2 aromatic heterocycles. The SMILES string of the molecule is Cc1csc2cnc(CC(=O)O)n12. The van der Waals surface area contributed by atoms with Crippen LogP contribution >= 0.6 is 11.3 Å². The first-order chi connectivity index (χ1) is 6.18. The molecule has 0 aliphatic heterocycles. The summed E-state index contributed by atoms with van der Waals surface area (Å²) >= 11 is 1.57. The highest BCUT2D eigenvalue weighted by Crippen LogP contribution is 2.17. The Morgan fingerprint density at radius 1 is 1.77 bits per heavy atom. The maximum Gasteiger partial charge on any atom is 0.311 e. The van der Waals surface area contributed by atoms with Crippen molar-refractivity contribution in [1.82, 2.24) is 9.38 Å². The predicted molar refractivity (Wildman–Crippen MR) is 49.1 cm³/mol. The van der Waals surface area contributed by atoms with Gasteiger partial charge < -0.3 is 5.11 Å². The molecule has 2 rings (SSSR count). The Bertz CT molecular complexity index is 458. The number of hydrogen-bond acceptors (Lipinski definition) is 3. The lowest BCUT2D eigenvalue weighted by atomic mass is 10.4. The molecule has 0 fully saturated rings. The third-order valence-electron chi connectivity index (χ3n) is 1.81. The highest BCUT2D eigenvalue weighted by Gasteiger charge is 2.10. The fraction of sp³-hybridized carbons (Fsp3) is 0.250. The van der Waals surface area contributed by atoms with Gasteiger partial charge in [0.05, 0.1) is 6.20 Å². The van der Waals surface area contributed by atoms with Crippen molar-refractivity contribution in [2.24, 2.45) is 0 Å². The molecule has 0 atom stereocenters. The first kappa shape index (κ1) is 8.25. The van der Waals surface area contributed by atoms with E-state index in [1.54, 1.807) is 17.5 Å². The Hall–Kier alpha value is -1.36. The lowest BCUT2D eigenvalue weighted by Crippen LogP contribution is -2.04. The number of carboxylic acid groups (broad SMARTS) is 1. The third-order valence-corrected chi connectivity index (χ3v) is 2.80. The van der Waals surface area contributed by atoms with Crippen LogP contribution in [-0.4, -0.2) is 20.5 Å². The van der Waals surface area contributed by atoms with Gasteiger partial charge in [-0.25, -0.2) is 4.98 Å². The van der Waals surface area contributed by atoms with Gasteiger partial charge in [-0.3, -0.25) is 9.20 Å². The van der Waals surface area contributed by atoms with Gasteiger partial charge in [0.2, 0.25) is 0 Å².